The van der Waals surface area contributed by atoms with E-state index in [0.29, 0.717) is 5.75 Å². The Balaban J connectivity index is 2.51. The molecule has 4 nitrogen and oxygen atoms in total. The van der Waals surface area contributed by atoms with Gasteiger partial charge in [0.2, 0.25) is 0 Å². The lowest BCUT2D eigenvalue weighted by molar-refractivity contribution is 0.0689. The van der Waals surface area contributed by atoms with Crippen LogP contribution in [0, 0.1) is 0 Å². The Morgan fingerprint density at radius 3 is 2.94 bits per heavy atom. The molecule has 86 valence electrons. The van der Waals surface area contributed by atoms with Crippen molar-refractivity contribution in [2.45, 2.75) is 11.6 Å². The fraction of sp³-hybridized carbons (Fsp3) is 0.222. The molecule has 1 aromatic heterocycles. The van der Waals surface area contributed by atoms with Crippen LogP contribution in [0.4, 0.5) is 8.78 Å². The molecule has 16 heavy (non-hydrogen) atoms. The maximum absolute atomic E-state index is 11.7. The van der Waals surface area contributed by atoms with E-state index >= 15 is 0 Å². The van der Waals surface area contributed by atoms with Gasteiger partial charge in [0.05, 0.1) is 0 Å². The molecule has 7 heteroatoms. The number of thioether (sulfide) groups is 1. The third-order valence-corrected chi connectivity index (χ3v) is 2.39. The molecule has 0 unspecified atom stereocenters. The number of halogens is 2. The fourth-order valence-corrected chi connectivity index (χ4v) is 1.56. The van der Waals surface area contributed by atoms with Gasteiger partial charge in [-0.1, -0.05) is 11.8 Å². The molecule has 1 N–H and O–H groups in total. The van der Waals surface area contributed by atoms with Gasteiger partial charge in [0.1, 0.15) is 0 Å². The van der Waals surface area contributed by atoms with Crippen molar-refractivity contribution in [2.75, 3.05) is 5.75 Å². The highest BCUT2D eigenvalue weighted by Crippen LogP contribution is 2.14. The van der Waals surface area contributed by atoms with E-state index in [-0.39, 0.29) is 17.3 Å². The summed E-state index contributed by atoms with van der Waals surface area (Å²) < 4.78 is 23.3. The zero-order chi connectivity index (χ0) is 12.0. The summed E-state index contributed by atoms with van der Waals surface area (Å²) in [6.45, 7) is 0. The number of carboxylic acids is 1. The average molecular weight is 246 g/mol. The van der Waals surface area contributed by atoms with Crippen LogP contribution >= 0.6 is 11.8 Å². The first-order valence-corrected chi connectivity index (χ1v) is 5.28. The van der Waals surface area contributed by atoms with Crippen molar-refractivity contribution in [3.63, 3.8) is 0 Å². The molecule has 0 aliphatic heterocycles. The van der Waals surface area contributed by atoms with Gasteiger partial charge in [0, 0.05) is 11.9 Å². The molecular formula is C9H8F2N2O2S. The number of carboxylic acid groups (broad SMARTS) is 1. The van der Waals surface area contributed by atoms with Crippen molar-refractivity contribution in [1.29, 1.82) is 0 Å². The van der Waals surface area contributed by atoms with E-state index in [1.165, 1.54) is 12.3 Å². The lowest BCUT2D eigenvalue weighted by atomic mass is 10.4. The third-order valence-electron chi connectivity index (χ3n) is 1.50. The molecule has 0 aliphatic rings. The standard InChI is InChI=1S/C9H8F2N2O2S/c10-7(11)2-1-5-16-9-12-4-3-6(13-9)8(14)15/h2-4H,1,5H2,(H,14,15). The molecule has 0 saturated carbocycles. The molecule has 0 fully saturated rings. The number of hydrogen-bond acceptors (Lipinski definition) is 4. The monoisotopic (exact) mass is 246 g/mol. The molecule has 0 atom stereocenters. The summed E-state index contributed by atoms with van der Waals surface area (Å²) in [6.07, 6.45) is 0.590. The Hall–Kier alpha value is -1.50. The molecule has 1 rings (SSSR count). The van der Waals surface area contributed by atoms with Gasteiger partial charge in [-0.05, 0) is 18.6 Å². The van der Waals surface area contributed by atoms with E-state index in [9.17, 15) is 13.6 Å². The molecule has 0 saturated heterocycles. The van der Waals surface area contributed by atoms with Gasteiger partial charge in [-0.15, -0.1) is 0 Å². The fourth-order valence-electron chi connectivity index (χ4n) is 0.848. The van der Waals surface area contributed by atoms with Crippen LogP contribution in [0.15, 0.2) is 29.6 Å². The average Bonchev–Trinajstić information content (AvgIpc) is 2.24. The zero-order valence-corrected chi connectivity index (χ0v) is 8.88. The SMILES string of the molecule is O=C(O)c1ccnc(SCCC=C(F)F)n1. The Bertz CT molecular complexity index is 408. The molecule has 0 radical (unpaired) electrons. The van der Waals surface area contributed by atoms with Crippen molar-refractivity contribution < 1.29 is 18.7 Å². The van der Waals surface area contributed by atoms with E-state index in [0.717, 1.165) is 17.8 Å². The summed E-state index contributed by atoms with van der Waals surface area (Å²) in [5.41, 5.74) is -0.107. The maximum atomic E-state index is 11.7. The Morgan fingerprint density at radius 1 is 1.56 bits per heavy atom. The van der Waals surface area contributed by atoms with Crippen LogP contribution in [0.5, 0.6) is 0 Å². The summed E-state index contributed by atoms with van der Waals surface area (Å²) in [6, 6.07) is 1.27. The van der Waals surface area contributed by atoms with Gasteiger partial charge < -0.3 is 5.11 Å². The Morgan fingerprint density at radius 2 is 2.31 bits per heavy atom. The van der Waals surface area contributed by atoms with Gasteiger partial charge in [-0.25, -0.2) is 14.8 Å². The second kappa shape index (κ2) is 6.16. The summed E-state index contributed by atoms with van der Waals surface area (Å²) >= 11 is 1.13. The zero-order valence-electron chi connectivity index (χ0n) is 8.06. The predicted octanol–water partition coefficient (Wildman–Crippen LogP) is 2.44. The van der Waals surface area contributed by atoms with Crippen LogP contribution in [-0.4, -0.2) is 26.8 Å². The van der Waals surface area contributed by atoms with Gasteiger partial charge in [-0.3, -0.25) is 0 Å². The summed E-state index contributed by atoms with van der Waals surface area (Å²) in [5, 5.41) is 8.92. The van der Waals surface area contributed by atoms with Gasteiger partial charge in [0.25, 0.3) is 6.08 Å². The van der Waals surface area contributed by atoms with E-state index < -0.39 is 12.0 Å². The van der Waals surface area contributed by atoms with Crippen LogP contribution in [0.2, 0.25) is 0 Å². The van der Waals surface area contributed by atoms with E-state index in [4.69, 9.17) is 5.11 Å². The minimum absolute atomic E-state index is 0.107. The molecule has 0 bridgehead atoms. The highest BCUT2D eigenvalue weighted by molar-refractivity contribution is 7.99. The van der Waals surface area contributed by atoms with Gasteiger partial charge in [0.15, 0.2) is 10.9 Å². The van der Waals surface area contributed by atoms with Crippen molar-refractivity contribution in [3.8, 4) is 0 Å². The van der Waals surface area contributed by atoms with Gasteiger partial charge >= 0.3 is 5.97 Å². The Kier molecular flexibility index (Phi) is 4.84. The minimum atomic E-state index is -1.72. The highest BCUT2D eigenvalue weighted by atomic mass is 32.2. The Labute approximate surface area is 94.4 Å². The van der Waals surface area contributed by atoms with Crippen LogP contribution in [-0.2, 0) is 0 Å². The lowest BCUT2D eigenvalue weighted by Crippen LogP contribution is -2.01. The smallest absolute Gasteiger partial charge is 0.354 e. The number of nitrogens with zero attached hydrogens (tertiary/aromatic N) is 2. The number of rotatable bonds is 5. The highest BCUT2D eigenvalue weighted by Gasteiger charge is 2.05. The number of hydrogen-bond donors (Lipinski definition) is 1. The number of aromatic carboxylic acids is 1. The quantitative estimate of drug-likeness (QED) is 0.491. The van der Waals surface area contributed by atoms with E-state index in [2.05, 4.69) is 9.97 Å². The van der Waals surface area contributed by atoms with E-state index in [1.54, 1.807) is 0 Å². The normalized spacial score (nSPS) is 9.88. The molecule has 1 aromatic rings. The van der Waals surface area contributed by atoms with Crippen LogP contribution in [0.3, 0.4) is 0 Å². The largest absolute Gasteiger partial charge is 0.477 e. The molecule has 0 spiro atoms. The van der Waals surface area contributed by atoms with Crippen molar-refractivity contribution in [1.82, 2.24) is 9.97 Å². The van der Waals surface area contributed by atoms with Gasteiger partial charge in [-0.2, -0.15) is 8.78 Å². The number of aromatic nitrogens is 2. The third kappa shape index (κ3) is 4.35. The molecule has 0 aliphatic carbocycles. The summed E-state index contributed by atoms with van der Waals surface area (Å²) in [4.78, 5) is 18.1. The second-order valence-electron chi connectivity index (χ2n) is 2.66. The first-order valence-electron chi connectivity index (χ1n) is 4.30. The lowest BCUT2D eigenvalue weighted by Gasteiger charge is -1.98. The van der Waals surface area contributed by atoms with Crippen molar-refractivity contribution in [3.05, 3.63) is 30.1 Å². The number of carbonyl (C=O) groups is 1. The first kappa shape index (κ1) is 12.6. The number of allylic oxidation sites excluding steroid dienone is 1. The summed E-state index contributed by atoms with van der Waals surface area (Å²) in [5.74, 6) is -0.764. The second-order valence-corrected chi connectivity index (χ2v) is 3.72. The van der Waals surface area contributed by atoms with E-state index in [1.807, 2.05) is 0 Å². The molecule has 0 amide bonds. The maximum Gasteiger partial charge on any atom is 0.354 e. The first-order chi connectivity index (χ1) is 7.59. The summed E-state index contributed by atoms with van der Waals surface area (Å²) in [7, 11) is 0. The van der Waals surface area contributed by atoms with Crippen molar-refractivity contribution >= 4 is 17.7 Å². The van der Waals surface area contributed by atoms with Crippen molar-refractivity contribution in [2.24, 2.45) is 0 Å². The van der Waals surface area contributed by atoms with Crippen LogP contribution < -0.4 is 0 Å². The molecule has 0 aromatic carbocycles. The topological polar surface area (TPSA) is 63.1 Å². The van der Waals surface area contributed by atoms with Crippen LogP contribution in [0.1, 0.15) is 16.9 Å². The van der Waals surface area contributed by atoms with Crippen LogP contribution in [0.25, 0.3) is 0 Å². The minimum Gasteiger partial charge on any atom is -0.477 e. The molecular weight excluding hydrogens is 238 g/mol. The predicted molar refractivity (Wildman–Crippen MR) is 54.6 cm³/mol. The molecule has 1 heterocycles.